The van der Waals surface area contributed by atoms with Gasteiger partial charge in [-0.25, -0.2) is 4.39 Å². The number of anilines is 1. The van der Waals surface area contributed by atoms with Gasteiger partial charge in [-0.3, -0.25) is 9.59 Å². The topological polar surface area (TPSA) is 62.0 Å². The lowest BCUT2D eigenvalue weighted by molar-refractivity contribution is -0.137. The largest absolute Gasteiger partial charge is 0.418 e. The van der Waals surface area contributed by atoms with Crippen LogP contribution in [0.2, 0.25) is 0 Å². The Morgan fingerprint density at radius 1 is 1.14 bits per heavy atom. The van der Waals surface area contributed by atoms with Gasteiger partial charge in [-0.15, -0.1) is 0 Å². The molecule has 3 aromatic rings. The maximum atomic E-state index is 13.7. The molecule has 2 N–H and O–H groups in total. The number of hydrogen-bond acceptors (Lipinski definition) is 2. The Morgan fingerprint density at radius 2 is 1.86 bits per heavy atom. The number of H-pyrrole nitrogens is 1. The number of pyridine rings is 1. The number of alkyl halides is 3. The van der Waals surface area contributed by atoms with Gasteiger partial charge >= 0.3 is 6.18 Å². The van der Waals surface area contributed by atoms with Crippen LogP contribution in [0.4, 0.5) is 23.2 Å². The van der Waals surface area contributed by atoms with Crippen molar-refractivity contribution in [3.8, 4) is 0 Å². The van der Waals surface area contributed by atoms with Crippen LogP contribution in [0.25, 0.3) is 10.9 Å². The second kappa shape index (κ2) is 7.10. The summed E-state index contributed by atoms with van der Waals surface area (Å²) in [5.41, 5.74) is -2.28. The van der Waals surface area contributed by atoms with Crippen LogP contribution in [0.15, 0.2) is 47.4 Å². The lowest BCUT2D eigenvalue weighted by Gasteiger charge is -2.16. The van der Waals surface area contributed by atoms with E-state index in [1.807, 2.05) is 0 Å². The fourth-order valence-corrected chi connectivity index (χ4v) is 2.84. The summed E-state index contributed by atoms with van der Waals surface area (Å²) in [5.74, 6) is -1.83. The van der Waals surface area contributed by atoms with Crippen molar-refractivity contribution in [3.63, 3.8) is 0 Å². The molecule has 4 nitrogen and oxygen atoms in total. The van der Waals surface area contributed by atoms with Gasteiger partial charge in [0.05, 0.1) is 16.8 Å². The molecule has 0 radical (unpaired) electrons. The van der Waals surface area contributed by atoms with Crippen molar-refractivity contribution < 1.29 is 22.4 Å². The van der Waals surface area contributed by atoms with E-state index in [4.69, 9.17) is 0 Å². The Morgan fingerprint density at radius 3 is 2.50 bits per heavy atom. The first-order valence-electron chi connectivity index (χ1n) is 8.42. The predicted molar refractivity (Wildman–Crippen MR) is 98.0 cm³/mol. The van der Waals surface area contributed by atoms with Crippen molar-refractivity contribution >= 4 is 22.5 Å². The second-order valence-electron chi connectivity index (χ2n) is 6.61. The molecule has 0 aliphatic rings. The zero-order valence-electron chi connectivity index (χ0n) is 14.9. The first-order chi connectivity index (χ1) is 13.1. The van der Waals surface area contributed by atoms with Crippen LogP contribution in [0.1, 0.15) is 41.3 Å². The third-order valence-corrected chi connectivity index (χ3v) is 4.37. The highest BCUT2D eigenvalue weighted by Crippen LogP contribution is 2.36. The number of aromatic nitrogens is 1. The summed E-state index contributed by atoms with van der Waals surface area (Å²) in [6.45, 7) is 3.50. The van der Waals surface area contributed by atoms with Crippen LogP contribution in [0, 0.1) is 5.82 Å². The number of nitrogens with one attached hydrogen (secondary N) is 2. The molecule has 1 aromatic heterocycles. The van der Waals surface area contributed by atoms with Crippen molar-refractivity contribution in [2.45, 2.75) is 25.9 Å². The van der Waals surface area contributed by atoms with Gasteiger partial charge in [-0.1, -0.05) is 26.0 Å². The first kappa shape index (κ1) is 19.6. The molecule has 0 saturated heterocycles. The van der Waals surface area contributed by atoms with Crippen LogP contribution < -0.4 is 10.7 Å². The monoisotopic (exact) mass is 392 g/mol. The molecule has 0 atom stereocenters. The number of para-hydroxylation sites is 1. The summed E-state index contributed by atoms with van der Waals surface area (Å²) in [5, 5.41) is 2.08. The molecule has 146 valence electrons. The van der Waals surface area contributed by atoms with Crippen molar-refractivity contribution in [1.29, 1.82) is 0 Å². The zero-order chi connectivity index (χ0) is 20.6. The molecule has 0 saturated carbocycles. The third kappa shape index (κ3) is 3.62. The van der Waals surface area contributed by atoms with E-state index >= 15 is 0 Å². The average molecular weight is 392 g/mol. The number of rotatable bonds is 3. The van der Waals surface area contributed by atoms with Crippen LogP contribution >= 0.6 is 0 Å². The van der Waals surface area contributed by atoms with E-state index in [-0.39, 0.29) is 16.8 Å². The molecule has 1 heterocycles. The number of fused-ring (bicyclic) bond motifs is 1. The molecule has 2 aromatic carbocycles. The minimum Gasteiger partial charge on any atom is -0.358 e. The van der Waals surface area contributed by atoms with Crippen LogP contribution in [-0.2, 0) is 6.18 Å². The van der Waals surface area contributed by atoms with Crippen molar-refractivity contribution in [1.82, 2.24) is 4.98 Å². The molecular formula is C20H16F4N2O2. The van der Waals surface area contributed by atoms with Crippen LogP contribution in [0.5, 0.6) is 0 Å². The van der Waals surface area contributed by atoms with Gasteiger partial charge in [-0.05, 0) is 35.7 Å². The Balaban J connectivity index is 2.03. The highest BCUT2D eigenvalue weighted by Gasteiger charge is 2.34. The number of aromatic amines is 1. The van der Waals surface area contributed by atoms with E-state index in [1.165, 1.54) is 18.2 Å². The highest BCUT2D eigenvalue weighted by atomic mass is 19.4. The molecule has 0 spiro atoms. The molecule has 8 heteroatoms. The van der Waals surface area contributed by atoms with E-state index in [2.05, 4.69) is 10.3 Å². The molecule has 0 fully saturated rings. The number of amides is 1. The molecule has 0 unspecified atom stereocenters. The van der Waals surface area contributed by atoms with E-state index in [0.717, 1.165) is 24.4 Å². The predicted octanol–water partition coefficient (Wildman–Crippen LogP) is 5.06. The van der Waals surface area contributed by atoms with E-state index < -0.39 is 40.1 Å². The second-order valence-corrected chi connectivity index (χ2v) is 6.61. The lowest BCUT2D eigenvalue weighted by Crippen LogP contribution is -2.23. The molecular weight excluding hydrogens is 376 g/mol. The Bertz CT molecular complexity index is 1120. The van der Waals surface area contributed by atoms with Crippen molar-refractivity contribution in [2.75, 3.05) is 5.32 Å². The molecule has 28 heavy (non-hydrogen) atoms. The van der Waals surface area contributed by atoms with E-state index in [9.17, 15) is 27.2 Å². The summed E-state index contributed by atoms with van der Waals surface area (Å²) in [7, 11) is 0. The number of halogens is 4. The fourth-order valence-electron chi connectivity index (χ4n) is 2.84. The van der Waals surface area contributed by atoms with E-state index in [0.29, 0.717) is 5.56 Å². The molecule has 0 bridgehead atoms. The van der Waals surface area contributed by atoms with E-state index in [1.54, 1.807) is 13.8 Å². The van der Waals surface area contributed by atoms with Crippen molar-refractivity contribution in [2.24, 2.45) is 0 Å². The van der Waals surface area contributed by atoms with Gasteiger partial charge in [0.1, 0.15) is 11.4 Å². The van der Waals surface area contributed by atoms with Crippen LogP contribution in [0.3, 0.4) is 0 Å². The van der Waals surface area contributed by atoms with Gasteiger partial charge < -0.3 is 10.3 Å². The smallest absolute Gasteiger partial charge is 0.358 e. The standard InChI is InChI=1S/C20H16F4N2O2/c1-10(2)11-6-7-16(14(8-11)20(22,23)24)26-19(28)13-9-25-17-12(18(13)27)4-3-5-15(17)21/h3-10H,1-2H3,(H,25,27)(H,26,28). The average Bonchev–Trinajstić information content (AvgIpc) is 2.62. The molecule has 3 rings (SSSR count). The number of hydrogen-bond donors (Lipinski definition) is 2. The minimum absolute atomic E-state index is 0.0705. The Labute approximate surface area is 157 Å². The number of carbonyl (C=O) groups is 1. The molecule has 0 aliphatic heterocycles. The Kier molecular flexibility index (Phi) is 4.97. The highest BCUT2D eigenvalue weighted by molar-refractivity contribution is 6.06. The lowest BCUT2D eigenvalue weighted by atomic mass is 9.99. The summed E-state index contributed by atoms with van der Waals surface area (Å²) >= 11 is 0. The zero-order valence-corrected chi connectivity index (χ0v) is 14.9. The Hall–Kier alpha value is -3.16. The number of benzene rings is 2. The van der Waals surface area contributed by atoms with Crippen LogP contribution in [-0.4, -0.2) is 10.9 Å². The summed E-state index contributed by atoms with van der Waals surface area (Å²) < 4.78 is 54.0. The molecule has 0 aliphatic carbocycles. The molecule has 1 amide bonds. The fraction of sp³-hybridized carbons (Fsp3) is 0.200. The third-order valence-electron chi connectivity index (χ3n) is 4.37. The maximum absolute atomic E-state index is 13.7. The summed E-state index contributed by atoms with van der Waals surface area (Å²) in [6.07, 6.45) is -3.70. The van der Waals surface area contributed by atoms with Gasteiger partial charge in [0, 0.05) is 11.6 Å². The van der Waals surface area contributed by atoms with Crippen molar-refractivity contribution in [3.05, 3.63) is 75.3 Å². The first-order valence-corrected chi connectivity index (χ1v) is 8.42. The van der Waals surface area contributed by atoms with Gasteiger partial charge in [0.2, 0.25) is 5.43 Å². The van der Waals surface area contributed by atoms with Gasteiger partial charge in [-0.2, -0.15) is 13.2 Å². The van der Waals surface area contributed by atoms with Gasteiger partial charge in [0.15, 0.2) is 0 Å². The normalized spacial score (nSPS) is 11.8. The minimum atomic E-state index is -4.69. The SMILES string of the molecule is CC(C)c1ccc(NC(=O)c2c[nH]c3c(F)cccc3c2=O)c(C(F)(F)F)c1. The quantitative estimate of drug-likeness (QED) is 0.612. The maximum Gasteiger partial charge on any atom is 0.418 e. The van der Waals surface area contributed by atoms with Gasteiger partial charge in [0.25, 0.3) is 5.91 Å². The summed E-state index contributed by atoms with van der Waals surface area (Å²) in [6, 6.07) is 7.39. The summed E-state index contributed by atoms with van der Waals surface area (Å²) in [4.78, 5) is 27.4. The number of carbonyl (C=O) groups excluding carboxylic acids is 1.